The van der Waals surface area contributed by atoms with Crippen LogP contribution in [0.25, 0.3) is 0 Å². The summed E-state index contributed by atoms with van der Waals surface area (Å²) in [5.74, 6) is 0. The van der Waals surface area contributed by atoms with Crippen LogP contribution < -0.4 is 5.32 Å². The van der Waals surface area contributed by atoms with Crippen LogP contribution in [0.15, 0.2) is 15.2 Å². The first-order chi connectivity index (χ1) is 9.02. The molecule has 0 amide bonds. The van der Waals surface area contributed by atoms with Crippen molar-refractivity contribution in [3.8, 4) is 0 Å². The Hall–Kier alpha value is -0.360. The molecule has 0 saturated carbocycles. The summed E-state index contributed by atoms with van der Waals surface area (Å²) >= 11 is 11.5. The molecular formula is C13H17BrClN3S. The van der Waals surface area contributed by atoms with Crippen LogP contribution in [0.5, 0.6) is 0 Å². The summed E-state index contributed by atoms with van der Waals surface area (Å²) in [5, 5.41) is 10.8. The maximum atomic E-state index is 6.32. The molecule has 0 saturated heterocycles. The smallest absolute Gasteiger partial charge is 0.130 e. The van der Waals surface area contributed by atoms with Crippen molar-refractivity contribution in [3.63, 3.8) is 0 Å². The Balaban J connectivity index is 2.26. The van der Waals surface area contributed by atoms with Crippen LogP contribution >= 0.6 is 38.9 Å². The van der Waals surface area contributed by atoms with E-state index in [1.807, 2.05) is 14.0 Å². The average Bonchev–Trinajstić information content (AvgIpc) is 2.88. The van der Waals surface area contributed by atoms with Gasteiger partial charge in [0.25, 0.3) is 0 Å². The largest absolute Gasteiger partial charge is 0.310 e. The van der Waals surface area contributed by atoms with Gasteiger partial charge in [0.1, 0.15) is 5.15 Å². The molecule has 2 heterocycles. The van der Waals surface area contributed by atoms with Crippen molar-refractivity contribution >= 4 is 38.9 Å². The fourth-order valence-electron chi connectivity index (χ4n) is 2.17. The molecule has 0 aromatic carbocycles. The zero-order chi connectivity index (χ0) is 14.0. The van der Waals surface area contributed by atoms with Crippen molar-refractivity contribution < 1.29 is 0 Å². The zero-order valence-corrected chi connectivity index (χ0v) is 14.4. The Morgan fingerprint density at radius 3 is 2.79 bits per heavy atom. The lowest BCUT2D eigenvalue weighted by Gasteiger charge is -2.16. The second-order valence-electron chi connectivity index (χ2n) is 4.48. The summed E-state index contributed by atoms with van der Waals surface area (Å²) in [5.41, 5.74) is 3.42. The van der Waals surface area contributed by atoms with E-state index >= 15 is 0 Å². The predicted octanol–water partition coefficient (Wildman–Crippen LogP) is 4.10. The van der Waals surface area contributed by atoms with Gasteiger partial charge < -0.3 is 5.32 Å². The molecule has 0 radical (unpaired) electrons. The van der Waals surface area contributed by atoms with Crippen LogP contribution in [0.1, 0.15) is 29.8 Å². The van der Waals surface area contributed by atoms with Gasteiger partial charge in [-0.05, 0) is 52.8 Å². The number of thiophene rings is 1. The zero-order valence-electron chi connectivity index (χ0n) is 11.2. The van der Waals surface area contributed by atoms with Crippen molar-refractivity contribution in [1.29, 1.82) is 0 Å². The number of halogens is 2. The van der Waals surface area contributed by atoms with E-state index < -0.39 is 0 Å². The molecule has 3 nitrogen and oxygen atoms in total. The van der Waals surface area contributed by atoms with Gasteiger partial charge in [0.15, 0.2) is 0 Å². The summed E-state index contributed by atoms with van der Waals surface area (Å²) in [7, 11) is 1.88. The SMILES string of the molecule is CCNC(Cc1c(C)nn(C)c1Cl)c1csc(Br)c1. The molecule has 104 valence electrons. The minimum Gasteiger partial charge on any atom is -0.310 e. The number of hydrogen-bond acceptors (Lipinski definition) is 3. The number of aryl methyl sites for hydroxylation is 2. The first-order valence-corrected chi connectivity index (χ1v) is 8.23. The molecule has 19 heavy (non-hydrogen) atoms. The molecule has 0 spiro atoms. The molecule has 1 atom stereocenters. The van der Waals surface area contributed by atoms with Gasteiger partial charge in [0, 0.05) is 18.7 Å². The van der Waals surface area contributed by atoms with Crippen molar-refractivity contribution in [2.24, 2.45) is 7.05 Å². The highest BCUT2D eigenvalue weighted by atomic mass is 79.9. The van der Waals surface area contributed by atoms with Crippen LogP contribution in [-0.2, 0) is 13.5 Å². The molecule has 0 aliphatic rings. The molecule has 2 aromatic heterocycles. The van der Waals surface area contributed by atoms with Crippen molar-refractivity contribution in [2.45, 2.75) is 26.3 Å². The number of likely N-dealkylation sites (N-methyl/N-ethyl adjacent to an activating group) is 1. The number of hydrogen-bond donors (Lipinski definition) is 1. The van der Waals surface area contributed by atoms with Crippen LogP contribution in [0.3, 0.4) is 0 Å². The van der Waals surface area contributed by atoms with Crippen molar-refractivity contribution in [2.75, 3.05) is 6.54 Å². The normalized spacial score (nSPS) is 12.9. The van der Waals surface area contributed by atoms with E-state index in [-0.39, 0.29) is 6.04 Å². The molecule has 6 heteroatoms. The monoisotopic (exact) mass is 361 g/mol. The van der Waals surface area contributed by atoms with Gasteiger partial charge in [-0.2, -0.15) is 5.10 Å². The van der Waals surface area contributed by atoms with Gasteiger partial charge in [-0.15, -0.1) is 11.3 Å². The number of nitrogens with one attached hydrogen (secondary N) is 1. The molecule has 0 aliphatic heterocycles. The highest BCUT2D eigenvalue weighted by Crippen LogP contribution is 2.30. The van der Waals surface area contributed by atoms with Crippen LogP contribution in [0, 0.1) is 6.92 Å². The van der Waals surface area contributed by atoms with Gasteiger partial charge in [-0.1, -0.05) is 18.5 Å². The van der Waals surface area contributed by atoms with Gasteiger partial charge in [0.2, 0.25) is 0 Å². The fraction of sp³-hybridized carbons (Fsp3) is 0.462. The molecule has 0 fully saturated rings. The van der Waals surface area contributed by atoms with E-state index in [0.717, 1.165) is 33.2 Å². The van der Waals surface area contributed by atoms with E-state index in [4.69, 9.17) is 11.6 Å². The second kappa shape index (κ2) is 6.39. The summed E-state index contributed by atoms with van der Waals surface area (Å²) in [4.78, 5) is 0. The van der Waals surface area contributed by atoms with Crippen LogP contribution in [-0.4, -0.2) is 16.3 Å². The van der Waals surface area contributed by atoms with Gasteiger partial charge in [-0.3, -0.25) is 4.68 Å². The minimum absolute atomic E-state index is 0.271. The lowest BCUT2D eigenvalue weighted by Crippen LogP contribution is -2.22. The fourth-order valence-corrected chi connectivity index (χ4v) is 3.65. The molecule has 1 unspecified atom stereocenters. The Morgan fingerprint density at radius 1 is 1.58 bits per heavy atom. The number of aromatic nitrogens is 2. The summed E-state index contributed by atoms with van der Waals surface area (Å²) < 4.78 is 2.89. The number of rotatable bonds is 5. The molecular weight excluding hydrogens is 346 g/mol. The van der Waals surface area contributed by atoms with Gasteiger partial charge >= 0.3 is 0 Å². The van der Waals surface area contributed by atoms with E-state index in [1.54, 1.807) is 16.0 Å². The summed E-state index contributed by atoms with van der Waals surface area (Å²) in [6, 6.07) is 2.44. The van der Waals surface area contributed by atoms with E-state index in [2.05, 4.69) is 44.7 Å². The van der Waals surface area contributed by atoms with E-state index in [0.29, 0.717) is 0 Å². The Kier molecular flexibility index (Phi) is 5.06. The molecule has 1 N–H and O–H groups in total. The quantitative estimate of drug-likeness (QED) is 0.868. The highest BCUT2D eigenvalue weighted by Gasteiger charge is 2.18. The standard InChI is InChI=1S/C13H17BrClN3S/c1-4-16-11(9-5-12(14)19-7-9)6-10-8(2)17-18(3)13(10)15/h5,7,11,16H,4,6H2,1-3H3. The highest BCUT2D eigenvalue weighted by molar-refractivity contribution is 9.11. The van der Waals surface area contributed by atoms with E-state index in [9.17, 15) is 0 Å². The lowest BCUT2D eigenvalue weighted by atomic mass is 10.0. The maximum absolute atomic E-state index is 6.32. The molecule has 2 aromatic rings. The number of nitrogens with zero attached hydrogens (tertiary/aromatic N) is 2. The topological polar surface area (TPSA) is 29.9 Å². The van der Waals surface area contributed by atoms with Gasteiger partial charge in [0.05, 0.1) is 9.48 Å². The Labute approximate surface area is 131 Å². The van der Waals surface area contributed by atoms with Crippen LogP contribution in [0.2, 0.25) is 5.15 Å². The second-order valence-corrected chi connectivity index (χ2v) is 7.13. The Morgan fingerprint density at radius 2 is 2.32 bits per heavy atom. The molecule has 0 aliphatic carbocycles. The third kappa shape index (κ3) is 3.40. The van der Waals surface area contributed by atoms with E-state index in [1.165, 1.54) is 5.56 Å². The maximum Gasteiger partial charge on any atom is 0.130 e. The summed E-state index contributed by atoms with van der Waals surface area (Å²) in [6.45, 7) is 5.05. The predicted molar refractivity (Wildman–Crippen MR) is 85.1 cm³/mol. The van der Waals surface area contributed by atoms with Crippen LogP contribution in [0.4, 0.5) is 0 Å². The Bertz CT molecular complexity index is 564. The molecule has 0 bridgehead atoms. The first kappa shape index (κ1) is 15.0. The first-order valence-electron chi connectivity index (χ1n) is 6.18. The third-order valence-electron chi connectivity index (χ3n) is 3.12. The van der Waals surface area contributed by atoms with Crippen molar-refractivity contribution in [1.82, 2.24) is 15.1 Å². The molecule has 2 rings (SSSR count). The van der Waals surface area contributed by atoms with Gasteiger partial charge in [-0.25, -0.2) is 0 Å². The summed E-state index contributed by atoms with van der Waals surface area (Å²) in [6.07, 6.45) is 0.857. The third-order valence-corrected chi connectivity index (χ3v) is 5.11. The minimum atomic E-state index is 0.271. The lowest BCUT2D eigenvalue weighted by molar-refractivity contribution is 0.550. The average molecular weight is 363 g/mol. The van der Waals surface area contributed by atoms with Crippen molar-refractivity contribution in [3.05, 3.63) is 37.2 Å².